The molecule has 0 atom stereocenters. The minimum absolute atomic E-state index is 0.361. The van der Waals surface area contributed by atoms with Crippen molar-refractivity contribution in [2.75, 3.05) is 0 Å². The van der Waals surface area contributed by atoms with E-state index in [0.29, 0.717) is 11.3 Å². The molecule has 4 nitrogen and oxygen atoms in total. The molecule has 0 aliphatic rings. The Kier molecular flexibility index (Phi) is 4.24. The number of aromatic nitrogens is 2. The van der Waals surface area contributed by atoms with Crippen LogP contribution in [0.25, 0.3) is 55.1 Å². The average Bonchev–Trinajstić information content (AvgIpc) is 3.22. The molecule has 33 heavy (non-hydrogen) atoms. The van der Waals surface area contributed by atoms with Gasteiger partial charge in [-0.3, -0.25) is 0 Å². The summed E-state index contributed by atoms with van der Waals surface area (Å²) < 4.78 is 8.70. The van der Waals surface area contributed by atoms with Gasteiger partial charge in [-0.15, -0.1) is 0 Å². The minimum atomic E-state index is 0.361. The number of nitrogens with zero attached hydrogens (tertiary/aromatic N) is 3. The van der Waals surface area contributed by atoms with Gasteiger partial charge in [0.25, 0.3) is 0 Å². The standard InChI is InChI=1S/C29H20N3O/c1-18-10-13-22-23-17-31-24(16-30)27(21-12-11-19-7-3-4-8-20(19)15-21)29(23)33-28(22)26(18)25-9-5-6-14-32(25)2/h3-15,17H,1-2H3/q+1. The molecule has 3 aromatic heterocycles. The van der Waals surface area contributed by atoms with Crippen molar-refractivity contribution in [2.24, 2.45) is 7.05 Å². The van der Waals surface area contributed by atoms with E-state index in [2.05, 4.69) is 65.0 Å². The zero-order valence-electron chi connectivity index (χ0n) is 18.3. The number of fused-ring (bicyclic) bond motifs is 4. The molecule has 0 saturated heterocycles. The molecule has 0 radical (unpaired) electrons. The Bertz CT molecular complexity index is 1760. The summed E-state index contributed by atoms with van der Waals surface area (Å²) in [5.74, 6) is 0. The van der Waals surface area contributed by atoms with E-state index in [1.165, 1.54) is 0 Å². The molecule has 4 heteroatoms. The fourth-order valence-corrected chi connectivity index (χ4v) is 4.69. The largest absolute Gasteiger partial charge is 0.454 e. The summed E-state index contributed by atoms with van der Waals surface area (Å²) in [7, 11) is 2.03. The molecule has 0 saturated carbocycles. The number of aryl methyl sites for hydroxylation is 2. The highest BCUT2D eigenvalue weighted by atomic mass is 16.3. The molecule has 3 aromatic carbocycles. The van der Waals surface area contributed by atoms with Gasteiger partial charge in [-0.05, 0) is 41.0 Å². The van der Waals surface area contributed by atoms with Gasteiger partial charge in [-0.25, -0.2) is 9.55 Å². The maximum Gasteiger partial charge on any atom is 0.216 e. The maximum absolute atomic E-state index is 9.88. The van der Waals surface area contributed by atoms with Gasteiger partial charge in [-0.2, -0.15) is 5.26 Å². The minimum Gasteiger partial charge on any atom is -0.454 e. The van der Waals surface area contributed by atoms with Gasteiger partial charge in [0, 0.05) is 29.1 Å². The molecule has 6 rings (SSSR count). The van der Waals surface area contributed by atoms with Crippen LogP contribution >= 0.6 is 0 Å². The lowest BCUT2D eigenvalue weighted by molar-refractivity contribution is -0.660. The van der Waals surface area contributed by atoms with Gasteiger partial charge in [0.15, 0.2) is 11.9 Å². The van der Waals surface area contributed by atoms with Gasteiger partial charge < -0.3 is 4.42 Å². The first-order valence-electron chi connectivity index (χ1n) is 10.8. The molecule has 0 aliphatic heterocycles. The van der Waals surface area contributed by atoms with Crippen molar-refractivity contribution in [1.29, 1.82) is 5.26 Å². The first-order valence-corrected chi connectivity index (χ1v) is 10.8. The second-order valence-corrected chi connectivity index (χ2v) is 8.33. The summed E-state index contributed by atoms with van der Waals surface area (Å²) in [5.41, 5.74) is 6.77. The molecule has 3 heterocycles. The normalized spacial score (nSPS) is 11.3. The SMILES string of the molecule is Cc1ccc2c(oc3c(-c4ccc5ccccc5c4)c(C#N)ncc32)c1-c1cccc[n+]1C. The lowest BCUT2D eigenvalue weighted by Crippen LogP contribution is -2.30. The summed E-state index contributed by atoms with van der Waals surface area (Å²) >= 11 is 0. The molecule has 0 amide bonds. The van der Waals surface area contributed by atoms with Crippen LogP contribution in [0.4, 0.5) is 0 Å². The van der Waals surface area contributed by atoms with Gasteiger partial charge in [-0.1, -0.05) is 48.5 Å². The highest BCUT2D eigenvalue weighted by Crippen LogP contribution is 2.41. The predicted octanol–water partition coefficient (Wildman–Crippen LogP) is 6.47. The van der Waals surface area contributed by atoms with E-state index >= 15 is 0 Å². The highest BCUT2D eigenvalue weighted by molar-refractivity contribution is 6.13. The smallest absolute Gasteiger partial charge is 0.216 e. The Balaban J connectivity index is 1.72. The van der Waals surface area contributed by atoms with Crippen molar-refractivity contribution >= 4 is 32.7 Å². The quantitative estimate of drug-likeness (QED) is 0.298. The Hall–Kier alpha value is -4.49. The van der Waals surface area contributed by atoms with Gasteiger partial charge >= 0.3 is 0 Å². The lowest BCUT2D eigenvalue weighted by atomic mass is 9.97. The Morgan fingerprint density at radius 2 is 1.64 bits per heavy atom. The molecular weight excluding hydrogens is 406 g/mol. The van der Waals surface area contributed by atoms with Crippen LogP contribution in [0, 0.1) is 18.3 Å². The maximum atomic E-state index is 9.88. The van der Waals surface area contributed by atoms with Crippen molar-refractivity contribution in [3.8, 4) is 28.5 Å². The summed E-state index contributed by atoms with van der Waals surface area (Å²) in [6, 6.07) is 27.0. The first kappa shape index (κ1) is 19.2. The monoisotopic (exact) mass is 426 g/mol. The van der Waals surface area contributed by atoms with E-state index in [-0.39, 0.29) is 0 Å². The van der Waals surface area contributed by atoms with Crippen LogP contribution in [0.5, 0.6) is 0 Å². The molecule has 6 aromatic rings. The number of benzene rings is 3. The van der Waals surface area contributed by atoms with Gasteiger partial charge in [0.05, 0.1) is 11.1 Å². The molecule has 0 fully saturated rings. The van der Waals surface area contributed by atoms with Crippen LogP contribution in [0.2, 0.25) is 0 Å². The Labute approximate surface area is 191 Å². The molecule has 0 bridgehead atoms. The second-order valence-electron chi connectivity index (χ2n) is 8.33. The predicted molar refractivity (Wildman–Crippen MR) is 131 cm³/mol. The molecule has 0 aliphatic carbocycles. The topological polar surface area (TPSA) is 53.7 Å². The average molecular weight is 426 g/mol. The molecule has 156 valence electrons. The second kappa shape index (κ2) is 7.29. The van der Waals surface area contributed by atoms with Crippen LogP contribution in [-0.2, 0) is 7.05 Å². The third kappa shape index (κ3) is 2.90. The number of hydrogen-bond donors (Lipinski definition) is 0. The Morgan fingerprint density at radius 1 is 0.848 bits per heavy atom. The van der Waals surface area contributed by atoms with Crippen molar-refractivity contribution in [2.45, 2.75) is 6.92 Å². The van der Waals surface area contributed by atoms with E-state index in [1.807, 2.05) is 43.6 Å². The van der Waals surface area contributed by atoms with E-state index in [4.69, 9.17) is 4.42 Å². The summed E-state index contributed by atoms with van der Waals surface area (Å²) in [5, 5.41) is 14.0. The fourth-order valence-electron chi connectivity index (χ4n) is 4.69. The van der Waals surface area contributed by atoms with Crippen LogP contribution in [-0.4, -0.2) is 4.98 Å². The van der Waals surface area contributed by atoms with Crippen LogP contribution in [0.3, 0.4) is 0 Å². The summed E-state index contributed by atoms with van der Waals surface area (Å²) in [6.45, 7) is 2.10. The molecule has 0 unspecified atom stereocenters. The number of furan rings is 1. The first-order chi connectivity index (χ1) is 16.2. The number of rotatable bonds is 2. The molecule has 0 N–H and O–H groups in total. The van der Waals surface area contributed by atoms with E-state index in [1.54, 1.807) is 6.20 Å². The molecule has 0 spiro atoms. The van der Waals surface area contributed by atoms with Crippen molar-refractivity contribution < 1.29 is 8.98 Å². The third-order valence-electron chi connectivity index (χ3n) is 6.35. The van der Waals surface area contributed by atoms with Crippen LogP contribution < -0.4 is 4.57 Å². The number of hydrogen-bond acceptors (Lipinski definition) is 3. The van der Waals surface area contributed by atoms with Gasteiger partial charge in [0.1, 0.15) is 24.3 Å². The van der Waals surface area contributed by atoms with Crippen LogP contribution in [0.15, 0.2) is 89.6 Å². The summed E-state index contributed by atoms with van der Waals surface area (Å²) in [6.07, 6.45) is 3.79. The molecular formula is C29H20N3O+. The lowest BCUT2D eigenvalue weighted by Gasteiger charge is -2.06. The third-order valence-corrected chi connectivity index (χ3v) is 6.35. The zero-order valence-corrected chi connectivity index (χ0v) is 18.3. The van der Waals surface area contributed by atoms with E-state index in [9.17, 15) is 5.26 Å². The van der Waals surface area contributed by atoms with E-state index in [0.717, 1.165) is 55.1 Å². The van der Waals surface area contributed by atoms with Crippen molar-refractivity contribution in [3.05, 3.63) is 96.4 Å². The highest BCUT2D eigenvalue weighted by Gasteiger charge is 2.23. The number of pyridine rings is 2. The number of nitriles is 1. The van der Waals surface area contributed by atoms with Crippen molar-refractivity contribution in [1.82, 2.24) is 4.98 Å². The van der Waals surface area contributed by atoms with Crippen molar-refractivity contribution in [3.63, 3.8) is 0 Å². The Morgan fingerprint density at radius 3 is 2.45 bits per heavy atom. The zero-order chi connectivity index (χ0) is 22.5. The summed E-state index contributed by atoms with van der Waals surface area (Å²) in [4.78, 5) is 4.52. The van der Waals surface area contributed by atoms with Crippen LogP contribution in [0.1, 0.15) is 11.3 Å². The fraction of sp³-hybridized carbons (Fsp3) is 0.0690. The van der Waals surface area contributed by atoms with Gasteiger partial charge in [0.2, 0.25) is 5.69 Å². The van der Waals surface area contributed by atoms with E-state index < -0.39 is 0 Å².